The van der Waals surface area contributed by atoms with Gasteiger partial charge in [0.25, 0.3) is 0 Å². The summed E-state index contributed by atoms with van der Waals surface area (Å²) < 4.78 is 1.64. The fraction of sp³-hybridized carbons (Fsp3) is 0. The zero-order valence-corrected chi connectivity index (χ0v) is 19.2. The molecule has 0 saturated heterocycles. The van der Waals surface area contributed by atoms with Crippen LogP contribution < -0.4 is 0 Å². The van der Waals surface area contributed by atoms with Gasteiger partial charge in [0.1, 0.15) is 0 Å². The Balaban J connectivity index is -0.0000000956. The fourth-order valence-electron chi connectivity index (χ4n) is 0.321. The summed E-state index contributed by atoms with van der Waals surface area (Å²) in [5.74, 6) is 0. The first kappa shape index (κ1) is 19.2. The molecule has 55 valence electrons. The second-order valence-corrected chi connectivity index (χ2v) is 2.42. The van der Waals surface area contributed by atoms with Crippen molar-refractivity contribution in [1.82, 2.24) is 0 Å². The van der Waals surface area contributed by atoms with Gasteiger partial charge in [-0.25, -0.2) is 12.1 Å². The summed E-state index contributed by atoms with van der Waals surface area (Å²) >= 11 is 4.13. The maximum Gasteiger partial charge on any atom is 2.00 e. The van der Waals surface area contributed by atoms with Crippen LogP contribution in [0.5, 0.6) is 0 Å². The van der Waals surface area contributed by atoms with Gasteiger partial charge < -0.3 is 0 Å². The SMILES string of the molecule is [Bi]=[Bi].[CH-]=[CH][BiH].[Zr+2].c1cc[cH-]c1. The summed E-state index contributed by atoms with van der Waals surface area (Å²) in [6.45, 7) is 4.78. The van der Waals surface area contributed by atoms with E-state index in [0.29, 0.717) is 0 Å². The van der Waals surface area contributed by atoms with Gasteiger partial charge in [0.2, 0.25) is 0 Å². The molecule has 0 fully saturated rings. The quantitative estimate of drug-likeness (QED) is 0.265. The maximum atomic E-state index is 4.78. The number of hydrogen-bond acceptors (Lipinski definition) is 0. The average Bonchev–Trinajstić information content (AvgIpc) is 2.48. The second-order valence-electron chi connectivity index (χ2n) is 1.13. The zero-order chi connectivity index (χ0) is 8.24. The van der Waals surface area contributed by atoms with Gasteiger partial charge in [-0.05, 0) is 0 Å². The first-order valence-corrected chi connectivity index (χ1v) is 19.9. The van der Waals surface area contributed by atoms with Gasteiger partial charge in [0.05, 0.1) is 0 Å². The minimum absolute atomic E-state index is 0. The molecule has 0 aliphatic carbocycles. The van der Waals surface area contributed by atoms with Crippen molar-refractivity contribution in [1.29, 1.82) is 0 Å². The molecule has 3 radical (unpaired) electrons. The Kier molecular flexibility index (Phi) is 40.1. The van der Waals surface area contributed by atoms with E-state index in [0.717, 1.165) is 24.7 Å². The molecule has 11 heavy (non-hydrogen) atoms. The standard InChI is InChI=1S/C5H5.C2H2.3Bi.Zr.H/c1-2-4-5-3-1;1-2;;;;;/h1-5H;1-2H;;;;;/q2*-1;;;;+2;. The summed E-state index contributed by atoms with van der Waals surface area (Å²) in [6.07, 6.45) is 0. The monoisotopic (exact) mass is 809 g/mol. The van der Waals surface area contributed by atoms with E-state index in [1.165, 1.54) is 0 Å². The molecule has 0 saturated carbocycles. The molecule has 0 atom stereocenters. The van der Waals surface area contributed by atoms with Crippen LogP contribution >= 0.6 is 0 Å². The van der Waals surface area contributed by atoms with Gasteiger partial charge >= 0.3 is 99.8 Å². The Morgan fingerprint density at radius 2 is 1.55 bits per heavy atom. The van der Waals surface area contributed by atoms with E-state index in [1.807, 2.05) is 30.3 Å². The summed E-state index contributed by atoms with van der Waals surface area (Å²) in [5.41, 5.74) is 0. The second kappa shape index (κ2) is 22.9. The summed E-state index contributed by atoms with van der Waals surface area (Å²) in [4.78, 5) is 0. The van der Waals surface area contributed by atoms with E-state index in [2.05, 4.69) is 0 Å². The Hall–Kier alpha value is 2.62. The summed E-state index contributed by atoms with van der Waals surface area (Å²) in [6, 6.07) is 10.0. The Morgan fingerprint density at radius 1 is 1.27 bits per heavy atom. The average molecular weight is 810 g/mol. The van der Waals surface area contributed by atoms with Crippen molar-refractivity contribution in [3.63, 3.8) is 0 Å². The Morgan fingerprint density at radius 3 is 1.64 bits per heavy atom. The van der Waals surface area contributed by atoms with Crippen molar-refractivity contribution >= 4 is 63.2 Å². The molecule has 0 aliphatic rings. The van der Waals surface area contributed by atoms with Crippen LogP contribution in [0, 0.1) is 6.58 Å². The largest absolute Gasteiger partial charge is 2.00 e. The number of rotatable bonds is 0. The van der Waals surface area contributed by atoms with Crippen LogP contribution in [0.1, 0.15) is 0 Å². The van der Waals surface area contributed by atoms with Crippen molar-refractivity contribution in [2.24, 2.45) is 0 Å². The third-order valence-electron chi connectivity index (χ3n) is 0.556. The predicted molar refractivity (Wildman–Crippen MR) is 49.6 cm³/mol. The van der Waals surface area contributed by atoms with E-state index in [4.69, 9.17) is 6.58 Å². The van der Waals surface area contributed by atoms with Gasteiger partial charge in [-0.2, -0.15) is 18.2 Å². The van der Waals surface area contributed by atoms with Crippen LogP contribution in [0.25, 0.3) is 0 Å². The molecule has 1 rings (SSSR count). The number of hydrogen-bond donors (Lipinski definition) is 0. The van der Waals surface area contributed by atoms with Crippen LogP contribution in [-0.2, 0) is 26.2 Å². The van der Waals surface area contributed by atoms with Crippen molar-refractivity contribution in [3.8, 4) is 0 Å². The van der Waals surface area contributed by atoms with Gasteiger partial charge in [-0.15, -0.1) is 0 Å². The zero-order valence-electron chi connectivity index (χ0n) is 5.94. The molecule has 1 aromatic rings. The van der Waals surface area contributed by atoms with Crippen molar-refractivity contribution in [2.75, 3.05) is 0 Å². The molecule has 0 amide bonds. The first-order valence-electron chi connectivity index (χ1n) is 2.49. The molecule has 0 aliphatic heterocycles. The maximum absolute atomic E-state index is 4.78. The van der Waals surface area contributed by atoms with Gasteiger partial charge in [-0.3, -0.25) is 0 Å². The molecule has 4 heteroatoms. The van der Waals surface area contributed by atoms with Gasteiger partial charge in [0.15, 0.2) is 0 Å². The summed E-state index contributed by atoms with van der Waals surface area (Å²) in [7, 11) is 0. The van der Waals surface area contributed by atoms with Crippen LogP contribution in [0.15, 0.2) is 34.1 Å². The normalized spacial score (nSPS) is 5.18. The van der Waals surface area contributed by atoms with Crippen LogP contribution in [-0.4, -0.2) is 63.2 Å². The molecule has 0 aromatic heterocycles. The van der Waals surface area contributed by atoms with Crippen LogP contribution in [0.3, 0.4) is 0 Å². The molecular weight excluding hydrogens is 802 g/mol. The predicted octanol–water partition coefficient (Wildman–Crippen LogP) is 0.475. The first-order chi connectivity index (χ1) is 4.91. The Labute approximate surface area is 127 Å². The van der Waals surface area contributed by atoms with E-state index in [-0.39, 0.29) is 26.2 Å². The topological polar surface area (TPSA) is 0 Å². The molecule has 0 bridgehead atoms. The van der Waals surface area contributed by atoms with Crippen LogP contribution in [0.4, 0.5) is 0 Å². The Bertz CT molecular complexity index is 111. The van der Waals surface area contributed by atoms with E-state index < -0.39 is 0 Å². The molecule has 0 spiro atoms. The summed E-state index contributed by atoms with van der Waals surface area (Å²) in [5, 5.41) is 0. The van der Waals surface area contributed by atoms with Crippen molar-refractivity contribution in [3.05, 3.63) is 40.7 Å². The molecule has 0 unspecified atom stereocenters. The fourth-order valence-corrected chi connectivity index (χ4v) is 0.321. The van der Waals surface area contributed by atoms with E-state index >= 15 is 0 Å². The van der Waals surface area contributed by atoms with Crippen molar-refractivity contribution in [2.45, 2.75) is 0 Å². The van der Waals surface area contributed by atoms with Gasteiger partial charge in [-0.1, -0.05) is 0 Å². The van der Waals surface area contributed by atoms with Crippen molar-refractivity contribution < 1.29 is 26.2 Å². The van der Waals surface area contributed by atoms with Crippen LogP contribution in [0.2, 0.25) is 0 Å². The van der Waals surface area contributed by atoms with Gasteiger partial charge in [0, 0.05) is 0 Å². The molecule has 0 N–H and O–H groups in total. The molecule has 1 aromatic carbocycles. The third kappa shape index (κ3) is 24.5. The minimum atomic E-state index is 0. The van der Waals surface area contributed by atoms with E-state index in [9.17, 15) is 0 Å². The molecular formula is C7H8Bi3Zr. The molecule has 0 nitrogen and oxygen atoms in total. The van der Waals surface area contributed by atoms with E-state index in [1.54, 1.807) is 42.3 Å². The smallest absolute Gasteiger partial charge is 0.214 e. The molecule has 0 heterocycles. The minimum Gasteiger partial charge on any atom is -0.214 e. The third-order valence-corrected chi connectivity index (χ3v) is 0.556.